The zero-order valence-electron chi connectivity index (χ0n) is 19.0. The summed E-state index contributed by atoms with van der Waals surface area (Å²) in [5, 5.41) is 2.62. The fourth-order valence-electron chi connectivity index (χ4n) is 3.05. The molecule has 0 atom stereocenters. The lowest BCUT2D eigenvalue weighted by atomic mass is 10.0. The molecule has 0 saturated carbocycles. The van der Waals surface area contributed by atoms with E-state index >= 15 is 0 Å². The number of carbonyl (C=O) groups is 4. The van der Waals surface area contributed by atoms with Crippen molar-refractivity contribution in [3.8, 4) is 16.9 Å². The Balaban J connectivity index is 1.52. The summed E-state index contributed by atoms with van der Waals surface area (Å²) >= 11 is 0. The van der Waals surface area contributed by atoms with Gasteiger partial charge in [-0.2, -0.15) is 0 Å². The van der Waals surface area contributed by atoms with Crippen molar-refractivity contribution in [2.45, 2.75) is 6.92 Å². The van der Waals surface area contributed by atoms with E-state index in [2.05, 4.69) is 5.32 Å². The van der Waals surface area contributed by atoms with Crippen LogP contribution in [0.2, 0.25) is 0 Å². The molecular formula is C26H24N2O6. The molecule has 0 radical (unpaired) electrons. The zero-order chi connectivity index (χ0) is 24.7. The molecule has 174 valence electrons. The lowest BCUT2D eigenvalue weighted by Crippen LogP contribution is -2.22. The van der Waals surface area contributed by atoms with Crippen molar-refractivity contribution in [3.05, 3.63) is 83.9 Å². The maximum Gasteiger partial charge on any atom is 0.338 e. The number of nitrogens with zero attached hydrogens (tertiary/aromatic N) is 1. The minimum absolute atomic E-state index is 0.142. The van der Waals surface area contributed by atoms with Crippen LogP contribution in [0.25, 0.3) is 11.1 Å². The van der Waals surface area contributed by atoms with Gasteiger partial charge in [-0.25, -0.2) is 4.79 Å². The van der Waals surface area contributed by atoms with Crippen molar-refractivity contribution in [1.82, 2.24) is 4.90 Å². The van der Waals surface area contributed by atoms with E-state index in [1.807, 2.05) is 0 Å². The van der Waals surface area contributed by atoms with E-state index in [1.54, 1.807) is 86.9 Å². The van der Waals surface area contributed by atoms with Gasteiger partial charge in [0.15, 0.2) is 6.61 Å². The summed E-state index contributed by atoms with van der Waals surface area (Å²) in [6, 6.07) is 20.1. The van der Waals surface area contributed by atoms with Crippen LogP contribution >= 0.6 is 0 Å². The number of ether oxygens (including phenoxy) is 2. The highest BCUT2D eigenvalue weighted by atomic mass is 16.5. The van der Waals surface area contributed by atoms with Crippen LogP contribution in [0, 0.1) is 0 Å². The van der Waals surface area contributed by atoms with Gasteiger partial charge in [-0.15, -0.1) is 0 Å². The predicted octanol–water partition coefficient (Wildman–Crippen LogP) is 3.78. The number of carbonyl (C=O) groups excluding carboxylic acids is 4. The summed E-state index contributed by atoms with van der Waals surface area (Å²) < 4.78 is 10.1. The van der Waals surface area contributed by atoms with Crippen molar-refractivity contribution in [1.29, 1.82) is 0 Å². The van der Waals surface area contributed by atoms with Crippen LogP contribution in [-0.4, -0.2) is 49.4 Å². The van der Waals surface area contributed by atoms with E-state index in [0.717, 1.165) is 11.1 Å². The minimum Gasteiger partial charge on any atom is -0.452 e. The first-order valence-corrected chi connectivity index (χ1v) is 10.4. The number of rotatable bonds is 7. The van der Waals surface area contributed by atoms with Gasteiger partial charge in [-0.05, 0) is 59.7 Å². The second-order valence-corrected chi connectivity index (χ2v) is 7.60. The van der Waals surface area contributed by atoms with Gasteiger partial charge in [0, 0.05) is 32.3 Å². The second-order valence-electron chi connectivity index (χ2n) is 7.60. The molecule has 3 aromatic carbocycles. The van der Waals surface area contributed by atoms with E-state index in [1.165, 1.54) is 11.8 Å². The van der Waals surface area contributed by atoms with Crippen molar-refractivity contribution >= 4 is 29.4 Å². The number of esters is 2. The normalized spacial score (nSPS) is 10.2. The Bertz CT molecular complexity index is 1180. The molecule has 3 rings (SSSR count). The second kappa shape index (κ2) is 10.9. The van der Waals surface area contributed by atoms with Crippen molar-refractivity contribution in [2.75, 3.05) is 26.0 Å². The number of benzene rings is 3. The van der Waals surface area contributed by atoms with Gasteiger partial charge < -0.3 is 19.7 Å². The van der Waals surface area contributed by atoms with E-state index in [4.69, 9.17) is 9.47 Å². The van der Waals surface area contributed by atoms with E-state index in [9.17, 15) is 19.2 Å². The molecule has 0 heterocycles. The Morgan fingerprint density at radius 3 is 1.82 bits per heavy atom. The van der Waals surface area contributed by atoms with Crippen molar-refractivity contribution < 1.29 is 28.7 Å². The molecule has 8 nitrogen and oxygen atoms in total. The maximum atomic E-state index is 12.3. The molecule has 0 fully saturated rings. The quantitative estimate of drug-likeness (QED) is 0.425. The Hall–Kier alpha value is -4.46. The lowest BCUT2D eigenvalue weighted by Gasteiger charge is -2.11. The van der Waals surface area contributed by atoms with Crippen molar-refractivity contribution in [2.24, 2.45) is 0 Å². The molecule has 34 heavy (non-hydrogen) atoms. The molecular weight excluding hydrogens is 436 g/mol. The highest BCUT2D eigenvalue weighted by Crippen LogP contribution is 2.23. The average molecular weight is 460 g/mol. The highest BCUT2D eigenvalue weighted by molar-refractivity contribution is 5.97. The summed E-state index contributed by atoms with van der Waals surface area (Å²) in [5.74, 6) is -1.20. The summed E-state index contributed by atoms with van der Waals surface area (Å²) in [6.07, 6.45) is 0. The number of nitrogens with one attached hydrogen (secondary N) is 1. The number of hydrogen-bond acceptors (Lipinski definition) is 6. The smallest absolute Gasteiger partial charge is 0.338 e. The third kappa shape index (κ3) is 6.52. The number of anilines is 1. The highest BCUT2D eigenvalue weighted by Gasteiger charge is 2.12. The molecule has 0 aromatic heterocycles. The Labute approximate surface area is 197 Å². The molecule has 0 spiro atoms. The van der Waals surface area contributed by atoms with E-state index < -0.39 is 24.5 Å². The fraction of sp³-hybridized carbons (Fsp3) is 0.154. The Morgan fingerprint density at radius 2 is 1.29 bits per heavy atom. The molecule has 1 N–H and O–H groups in total. The van der Waals surface area contributed by atoms with Crippen LogP contribution in [0.15, 0.2) is 72.8 Å². The lowest BCUT2D eigenvalue weighted by molar-refractivity contribution is -0.131. The maximum absolute atomic E-state index is 12.3. The van der Waals surface area contributed by atoms with Gasteiger partial charge in [0.25, 0.3) is 11.8 Å². The third-order valence-electron chi connectivity index (χ3n) is 4.73. The monoisotopic (exact) mass is 460 g/mol. The first-order chi connectivity index (χ1) is 16.2. The zero-order valence-corrected chi connectivity index (χ0v) is 19.0. The van der Waals surface area contributed by atoms with Crippen LogP contribution in [0.5, 0.6) is 5.75 Å². The SMILES string of the molecule is CC(=O)Oc1ccc(-c2ccc(C(=O)OCC(=O)Nc3ccc(C(=O)N(C)C)cc3)cc2)cc1. The molecule has 0 aliphatic heterocycles. The molecule has 0 aliphatic rings. The summed E-state index contributed by atoms with van der Waals surface area (Å²) in [7, 11) is 3.31. The minimum atomic E-state index is -0.626. The summed E-state index contributed by atoms with van der Waals surface area (Å²) in [6.45, 7) is 0.888. The van der Waals surface area contributed by atoms with Crippen LogP contribution in [-0.2, 0) is 14.3 Å². The van der Waals surface area contributed by atoms with E-state index in [-0.39, 0.29) is 5.91 Å². The summed E-state index contributed by atoms with van der Waals surface area (Å²) in [4.78, 5) is 48.8. The van der Waals surface area contributed by atoms with Crippen LogP contribution in [0.4, 0.5) is 5.69 Å². The van der Waals surface area contributed by atoms with Gasteiger partial charge in [-0.1, -0.05) is 24.3 Å². The largest absolute Gasteiger partial charge is 0.452 e. The number of amides is 2. The van der Waals surface area contributed by atoms with Crippen LogP contribution in [0.1, 0.15) is 27.6 Å². The first-order valence-electron chi connectivity index (χ1n) is 10.4. The topological polar surface area (TPSA) is 102 Å². The van der Waals surface area contributed by atoms with Gasteiger partial charge in [0.1, 0.15) is 5.75 Å². The molecule has 3 aromatic rings. The van der Waals surface area contributed by atoms with Gasteiger partial charge >= 0.3 is 11.9 Å². The predicted molar refractivity (Wildman–Crippen MR) is 127 cm³/mol. The Kier molecular flexibility index (Phi) is 7.76. The molecule has 8 heteroatoms. The third-order valence-corrected chi connectivity index (χ3v) is 4.73. The average Bonchev–Trinajstić information content (AvgIpc) is 2.83. The molecule has 0 aliphatic carbocycles. The Morgan fingerprint density at radius 1 is 0.765 bits per heavy atom. The fourth-order valence-corrected chi connectivity index (χ4v) is 3.05. The van der Waals surface area contributed by atoms with Crippen LogP contribution in [0.3, 0.4) is 0 Å². The standard InChI is InChI=1S/C26H24N2O6/c1-17(29)34-23-14-10-19(11-15-23)18-4-6-21(7-5-18)26(32)33-16-24(30)27-22-12-8-20(9-13-22)25(31)28(2)3/h4-15H,16H2,1-3H3,(H,27,30). The van der Waals surface area contributed by atoms with E-state index in [0.29, 0.717) is 22.6 Å². The van der Waals surface area contributed by atoms with Gasteiger partial charge in [0.05, 0.1) is 5.56 Å². The first kappa shape index (κ1) is 24.2. The molecule has 0 unspecified atom stereocenters. The molecule has 0 saturated heterocycles. The van der Waals surface area contributed by atoms with Crippen LogP contribution < -0.4 is 10.1 Å². The molecule has 2 amide bonds. The molecule has 0 bridgehead atoms. The number of hydrogen-bond donors (Lipinski definition) is 1. The van der Waals surface area contributed by atoms with Gasteiger partial charge in [0.2, 0.25) is 0 Å². The van der Waals surface area contributed by atoms with Gasteiger partial charge in [-0.3, -0.25) is 14.4 Å². The van der Waals surface area contributed by atoms with Crippen molar-refractivity contribution in [3.63, 3.8) is 0 Å². The summed E-state index contributed by atoms with van der Waals surface area (Å²) in [5.41, 5.74) is 3.03.